The molecular weight excluding hydrogens is 216 g/mol. The second-order valence-electron chi connectivity index (χ2n) is 3.34. The maximum atomic E-state index is 11.5. The number of aliphatic hydroxyl groups excluding tert-OH is 1. The van der Waals surface area contributed by atoms with Crippen LogP contribution < -0.4 is 0 Å². The van der Waals surface area contributed by atoms with Crippen LogP contribution in [0.1, 0.15) is 6.92 Å². The van der Waals surface area contributed by atoms with Crippen LogP contribution >= 0.6 is 0 Å². The van der Waals surface area contributed by atoms with Crippen molar-refractivity contribution in [3.63, 3.8) is 0 Å². The molecule has 1 rings (SSSR count). The topological polar surface area (TPSA) is 63.6 Å². The quantitative estimate of drug-likeness (QED) is 0.767. The number of hydrogen-bond donors (Lipinski definition) is 1. The Labute approximate surface area is 89.6 Å². The summed E-state index contributed by atoms with van der Waals surface area (Å²) in [4.78, 5) is 0.134. The van der Waals surface area contributed by atoms with Crippen molar-refractivity contribution in [2.24, 2.45) is 5.92 Å². The fraction of sp³-hybridized carbons (Fsp3) is 0.400. The summed E-state index contributed by atoms with van der Waals surface area (Å²) in [7, 11) is -3.68. The molecule has 84 valence electrons. The van der Waals surface area contributed by atoms with Gasteiger partial charge in [0.25, 0.3) is 10.1 Å². The van der Waals surface area contributed by atoms with Gasteiger partial charge in [0.2, 0.25) is 0 Å². The van der Waals surface area contributed by atoms with Gasteiger partial charge in [0.1, 0.15) is 0 Å². The van der Waals surface area contributed by atoms with Gasteiger partial charge in [0.15, 0.2) is 0 Å². The molecule has 0 radical (unpaired) electrons. The van der Waals surface area contributed by atoms with E-state index in [0.717, 1.165) is 0 Å². The molecule has 1 atom stereocenters. The number of aliphatic hydroxyl groups is 1. The first-order chi connectivity index (χ1) is 7.06. The minimum Gasteiger partial charge on any atom is -0.396 e. The number of rotatable bonds is 5. The molecule has 15 heavy (non-hydrogen) atoms. The van der Waals surface area contributed by atoms with Crippen molar-refractivity contribution in [1.82, 2.24) is 0 Å². The Bertz CT molecular complexity index is 385. The zero-order valence-corrected chi connectivity index (χ0v) is 9.28. The van der Waals surface area contributed by atoms with Crippen molar-refractivity contribution in [3.05, 3.63) is 30.3 Å². The Balaban J connectivity index is 2.69. The third kappa shape index (κ3) is 3.62. The molecule has 0 fully saturated rings. The van der Waals surface area contributed by atoms with E-state index in [1.165, 1.54) is 12.1 Å². The molecule has 1 aromatic rings. The lowest BCUT2D eigenvalue weighted by molar-refractivity contribution is 0.178. The van der Waals surface area contributed by atoms with Gasteiger partial charge in [-0.05, 0) is 12.1 Å². The predicted octanol–water partition coefficient (Wildman–Crippen LogP) is 1.02. The van der Waals surface area contributed by atoms with Crippen LogP contribution in [0.25, 0.3) is 0 Å². The van der Waals surface area contributed by atoms with E-state index in [2.05, 4.69) is 0 Å². The van der Waals surface area contributed by atoms with Gasteiger partial charge in [-0.1, -0.05) is 25.1 Å². The fourth-order valence-corrected chi connectivity index (χ4v) is 1.95. The highest BCUT2D eigenvalue weighted by molar-refractivity contribution is 7.86. The van der Waals surface area contributed by atoms with Crippen molar-refractivity contribution in [2.75, 3.05) is 13.2 Å². The van der Waals surface area contributed by atoms with Crippen molar-refractivity contribution in [3.8, 4) is 0 Å². The molecule has 1 unspecified atom stereocenters. The molecule has 0 amide bonds. The molecule has 0 saturated carbocycles. The van der Waals surface area contributed by atoms with Gasteiger partial charge in [0.05, 0.1) is 11.5 Å². The second kappa shape index (κ2) is 5.25. The normalized spacial score (nSPS) is 13.7. The van der Waals surface area contributed by atoms with Crippen LogP contribution in [-0.2, 0) is 14.3 Å². The van der Waals surface area contributed by atoms with E-state index in [-0.39, 0.29) is 24.0 Å². The highest BCUT2D eigenvalue weighted by atomic mass is 32.2. The first kappa shape index (κ1) is 12.2. The lowest BCUT2D eigenvalue weighted by Crippen LogP contribution is -2.15. The average molecular weight is 230 g/mol. The molecular formula is C10H14O4S. The second-order valence-corrected chi connectivity index (χ2v) is 4.95. The fourth-order valence-electron chi connectivity index (χ4n) is 0.914. The monoisotopic (exact) mass is 230 g/mol. The van der Waals surface area contributed by atoms with E-state index in [0.29, 0.717) is 0 Å². The Kier molecular flexibility index (Phi) is 4.26. The highest BCUT2D eigenvalue weighted by Gasteiger charge is 2.15. The molecule has 0 spiro atoms. The summed E-state index contributed by atoms with van der Waals surface area (Å²) in [6, 6.07) is 7.94. The smallest absolute Gasteiger partial charge is 0.296 e. The Morgan fingerprint density at radius 2 is 1.93 bits per heavy atom. The van der Waals surface area contributed by atoms with Gasteiger partial charge in [-0.3, -0.25) is 4.18 Å². The van der Waals surface area contributed by atoms with E-state index >= 15 is 0 Å². The molecule has 0 aliphatic heterocycles. The van der Waals surface area contributed by atoms with Gasteiger partial charge in [0, 0.05) is 12.5 Å². The van der Waals surface area contributed by atoms with Gasteiger partial charge >= 0.3 is 0 Å². The maximum Gasteiger partial charge on any atom is 0.296 e. The Morgan fingerprint density at radius 3 is 2.47 bits per heavy atom. The standard InChI is InChI=1S/C10H14O4S/c1-9(7-11)8-14-15(12,13)10-5-3-2-4-6-10/h2-6,9,11H,7-8H2,1H3. The molecule has 0 bridgehead atoms. The van der Waals surface area contributed by atoms with E-state index in [4.69, 9.17) is 9.29 Å². The third-order valence-corrected chi connectivity index (χ3v) is 3.15. The molecule has 1 N–H and O–H groups in total. The lowest BCUT2D eigenvalue weighted by atomic mass is 10.2. The van der Waals surface area contributed by atoms with Crippen LogP contribution in [0, 0.1) is 5.92 Å². The molecule has 0 aliphatic carbocycles. The van der Waals surface area contributed by atoms with Gasteiger partial charge in [-0.25, -0.2) is 0 Å². The summed E-state index contributed by atoms with van der Waals surface area (Å²) in [6.45, 7) is 1.61. The van der Waals surface area contributed by atoms with Crippen LogP contribution in [0.3, 0.4) is 0 Å². The summed E-state index contributed by atoms with van der Waals surface area (Å²) in [5.74, 6) is -0.191. The SMILES string of the molecule is CC(CO)COS(=O)(=O)c1ccccc1. The third-order valence-electron chi connectivity index (χ3n) is 1.85. The molecule has 0 saturated heterocycles. The minimum absolute atomic E-state index is 0.00622. The molecule has 0 aliphatic rings. The molecule has 0 heterocycles. The van der Waals surface area contributed by atoms with Gasteiger partial charge in [-0.2, -0.15) is 8.42 Å². The van der Waals surface area contributed by atoms with E-state index < -0.39 is 10.1 Å². The summed E-state index contributed by atoms with van der Waals surface area (Å²) < 4.78 is 27.9. The molecule has 1 aromatic carbocycles. The largest absolute Gasteiger partial charge is 0.396 e. The first-order valence-electron chi connectivity index (χ1n) is 4.61. The summed E-state index contributed by atoms with van der Waals surface area (Å²) in [5, 5.41) is 8.73. The zero-order chi connectivity index (χ0) is 11.3. The molecule has 4 nitrogen and oxygen atoms in total. The van der Waals surface area contributed by atoms with Crippen molar-refractivity contribution in [2.45, 2.75) is 11.8 Å². The summed E-state index contributed by atoms with van der Waals surface area (Å²) in [5.41, 5.74) is 0. The van der Waals surface area contributed by atoms with Crippen molar-refractivity contribution < 1.29 is 17.7 Å². The van der Waals surface area contributed by atoms with Gasteiger partial charge in [-0.15, -0.1) is 0 Å². The summed E-state index contributed by atoms with van der Waals surface area (Å²) >= 11 is 0. The number of hydrogen-bond acceptors (Lipinski definition) is 4. The van der Waals surface area contributed by atoms with E-state index in [1.807, 2.05) is 0 Å². The Morgan fingerprint density at radius 1 is 1.33 bits per heavy atom. The summed E-state index contributed by atoms with van der Waals surface area (Å²) in [6.07, 6.45) is 0. The minimum atomic E-state index is -3.68. The van der Waals surface area contributed by atoms with E-state index in [1.54, 1.807) is 25.1 Å². The van der Waals surface area contributed by atoms with Gasteiger partial charge < -0.3 is 5.11 Å². The van der Waals surface area contributed by atoms with Crippen LogP contribution in [0.4, 0.5) is 0 Å². The van der Waals surface area contributed by atoms with Crippen molar-refractivity contribution >= 4 is 10.1 Å². The zero-order valence-electron chi connectivity index (χ0n) is 8.46. The van der Waals surface area contributed by atoms with Crippen LogP contribution in [-0.4, -0.2) is 26.7 Å². The van der Waals surface area contributed by atoms with Crippen LogP contribution in [0.2, 0.25) is 0 Å². The number of benzene rings is 1. The average Bonchev–Trinajstić information content (AvgIpc) is 2.27. The maximum absolute atomic E-state index is 11.5. The predicted molar refractivity (Wildman–Crippen MR) is 55.8 cm³/mol. The lowest BCUT2D eigenvalue weighted by Gasteiger charge is -2.08. The van der Waals surface area contributed by atoms with Crippen LogP contribution in [0.15, 0.2) is 35.2 Å². The first-order valence-corrected chi connectivity index (χ1v) is 6.02. The van der Waals surface area contributed by atoms with Crippen molar-refractivity contribution in [1.29, 1.82) is 0 Å². The Hall–Kier alpha value is -0.910. The molecule has 5 heteroatoms. The molecule has 0 aromatic heterocycles. The van der Waals surface area contributed by atoms with Crippen LogP contribution in [0.5, 0.6) is 0 Å². The highest BCUT2D eigenvalue weighted by Crippen LogP contribution is 2.12. The van der Waals surface area contributed by atoms with E-state index in [9.17, 15) is 8.42 Å².